The van der Waals surface area contributed by atoms with Crippen LogP contribution in [-0.2, 0) is 17.1 Å². The van der Waals surface area contributed by atoms with Crippen molar-refractivity contribution in [2.45, 2.75) is 30.5 Å². The van der Waals surface area contributed by atoms with Gasteiger partial charge >= 0.3 is 5.97 Å². The van der Waals surface area contributed by atoms with Crippen LogP contribution in [0.25, 0.3) is 0 Å². The predicted molar refractivity (Wildman–Crippen MR) is 121 cm³/mol. The highest BCUT2D eigenvalue weighted by Crippen LogP contribution is 2.32. The molecule has 1 aliphatic rings. The Balaban J connectivity index is 1.35. The zero-order chi connectivity index (χ0) is 21.6. The zero-order valence-corrected chi connectivity index (χ0v) is 17.8. The maximum Gasteiger partial charge on any atom is 0.335 e. The summed E-state index contributed by atoms with van der Waals surface area (Å²) in [7, 11) is 0. The number of thioether (sulfide) groups is 1. The molecule has 0 aliphatic carbocycles. The van der Waals surface area contributed by atoms with Crippen molar-refractivity contribution in [3.05, 3.63) is 95.6 Å². The standard InChI is InChI=1S/C25H23NO4S/c27-23-14-15-24(31-17-19-6-10-20(11-7-19)25(28)29)26(23)16-18-8-12-22(13-9-18)30-21-4-2-1-3-5-21/h1-13,24H,14-17H2,(H,28,29). The fraction of sp³-hybridized carbons (Fsp3) is 0.200. The van der Waals surface area contributed by atoms with E-state index in [-0.39, 0.29) is 16.8 Å². The lowest BCUT2D eigenvalue weighted by Gasteiger charge is -2.24. The number of benzene rings is 3. The smallest absolute Gasteiger partial charge is 0.335 e. The molecule has 1 unspecified atom stereocenters. The van der Waals surface area contributed by atoms with Crippen LogP contribution in [-0.4, -0.2) is 27.3 Å². The number of ether oxygens (including phenoxy) is 1. The molecule has 31 heavy (non-hydrogen) atoms. The molecular formula is C25H23NO4S. The number of aromatic carboxylic acids is 1. The number of nitrogens with zero attached hydrogens (tertiary/aromatic N) is 1. The van der Waals surface area contributed by atoms with Crippen LogP contribution in [0.2, 0.25) is 0 Å². The molecule has 1 aliphatic heterocycles. The van der Waals surface area contributed by atoms with Gasteiger partial charge in [0.05, 0.1) is 10.9 Å². The largest absolute Gasteiger partial charge is 0.478 e. The molecule has 1 heterocycles. The maximum atomic E-state index is 12.5. The summed E-state index contributed by atoms with van der Waals surface area (Å²) in [6, 6.07) is 24.4. The topological polar surface area (TPSA) is 66.8 Å². The van der Waals surface area contributed by atoms with E-state index in [1.54, 1.807) is 23.9 Å². The van der Waals surface area contributed by atoms with Crippen LogP contribution in [0.4, 0.5) is 0 Å². The third-order valence-corrected chi connectivity index (χ3v) is 6.55. The molecule has 3 aromatic carbocycles. The van der Waals surface area contributed by atoms with Gasteiger partial charge in [-0.25, -0.2) is 4.79 Å². The second-order valence-corrected chi connectivity index (χ2v) is 8.55. The lowest BCUT2D eigenvalue weighted by molar-refractivity contribution is -0.128. The molecule has 5 nitrogen and oxygen atoms in total. The molecule has 1 saturated heterocycles. The van der Waals surface area contributed by atoms with Gasteiger partial charge in [0, 0.05) is 18.7 Å². The van der Waals surface area contributed by atoms with Crippen molar-refractivity contribution in [3.8, 4) is 11.5 Å². The highest BCUT2D eigenvalue weighted by Gasteiger charge is 2.31. The lowest BCUT2D eigenvalue weighted by Crippen LogP contribution is -2.30. The Morgan fingerprint density at radius 2 is 1.58 bits per heavy atom. The Kier molecular flexibility index (Phi) is 6.57. The van der Waals surface area contributed by atoms with Crippen LogP contribution < -0.4 is 4.74 Å². The number of hydrogen-bond acceptors (Lipinski definition) is 4. The Morgan fingerprint density at radius 1 is 0.935 bits per heavy atom. The first kappa shape index (κ1) is 21.0. The third-order valence-electron chi connectivity index (χ3n) is 5.17. The number of amides is 1. The van der Waals surface area contributed by atoms with Gasteiger partial charge in [-0.15, -0.1) is 11.8 Å². The SMILES string of the molecule is O=C(O)c1ccc(CSC2CCC(=O)N2Cc2ccc(Oc3ccccc3)cc2)cc1. The minimum absolute atomic E-state index is 0.117. The van der Waals surface area contributed by atoms with Gasteiger partial charge in [-0.3, -0.25) is 4.79 Å². The highest BCUT2D eigenvalue weighted by molar-refractivity contribution is 7.99. The van der Waals surface area contributed by atoms with Crippen LogP contribution in [0.1, 0.15) is 34.3 Å². The monoisotopic (exact) mass is 433 g/mol. The first-order valence-corrected chi connectivity index (χ1v) is 11.2. The summed E-state index contributed by atoms with van der Waals surface area (Å²) in [5.41, 5.74) is 2.40. The molecular weight excluding hydrogens is 410 g/mol. The molecule has 0 aromatic heterocycles. The van der Waals surface area contributed by atoms with Crippen molar-refractivity contribution >= 4 is 23.6 Å². The van der Waals surface area contributed by atoms with E-state index in [0.717, 1.165) is 34.8 Å². The van der Waals surface area contributed by atoms with Crippen molar-refractivity contribution in [1.82, 2.24) is 4.90 Å². The second kappa shape index (κ2) is 9.71. The van der Waals surface area contributed by atoms with E-state index in [1.807, 2.05) is 71.6 Å². The molecule has 0 radical (unpaired) electrons. The van der Waals surface area contributed by atoms with Crippen molar-refractivity contribution in [2.24, 2.45) is 0 Å². The number of carbonyl (C=O) groups excluding carboxylic acids is 1. The summed E-state index contributed by atoms with van der Waals surface area (Å²) < 4.78 is 5.83. The normalized spacial score (nSPS) is 15.8. The molecule has 0 bridgehead atoms. The van der Waals surface area contributed by atoms with E-state index in [2.05, 4.69) is 0 Å². The Labute approximate surface area is 185 Å². The average molecular weight is 434 g/mol. The van der Waals surface area contributed by atoms with E-state index >= 15 is 0 Å². The number of rotatable bonds is 8. The van der Waals surface area contributed by atoms with Gasteiger partial charge in [-0.2, -0.15) is 0 Å². The first-order valence-electron chi connectivity index (χ1n) is 10.1. The van der Waals surface area contributed by atoms with E-state index in [4.69, 9.17) is 9.84 Å². The molecule has 1 atom stereocenters. The molecule has 0 saturated carbocycles. The van der Waals surface area contributed by atoms with Crippen molar-refractivity contribution < 1.29 is 19.4 Å². The fourth-order valence-electron chi connectivity index (χ4n) is 3.49. The minimum atomic E-state index is -0.924. The summed E-state index contributed by atoms with van der Waals surface area (Å²) in [5.74, 6) is 1.53. The van der Waals surface area contributed by atoms with Crippen molar-refractivity contribution in [3.63, 3.8) is 0 Å². The predicted octanol–water partition coefficient (Wildman–Crippen LogP) is 5.56. The van der Waals surface area contributed by atoms with Crippen LogP contribution in [0.5, 0.6) is 11.5 Å². The van der Waals surface area contributed by atoms with Crippen molar-refractivity contribution in [2.75, 3.05) is 0 Å². The first-order chi connectivity index (χ1) is 15.1. The third kappa shape index (κ3) is 5.47. The summed E-state index contributed by atoms with van der Waals surface area (Å²) >= 11 is 1.72. The second-order valence-electron chi connectivity index (χ2n) is 7.39. The molecule has 6 heteroatoms. The van der Waals surface area contributed by atoms with Gasteiger partial charge in [-0.1, -0.05) is 42.5 Å². The molecule has 158 valence electrons. The Bertz CT molecular complexity index is 1040. The summed E-state index contributed by atoms with van der Waals surface area (Å²) in [6.45, 7) is 0.570. The van der Waals surface area contributed by atoms with E-state index in [9.17, 15) is 9.59 Å². The summed E-state index contributed by atoms with van der Waals surface area (Å²) in [4.78, 5) is 25.4. The van der Waals surface area contributed by atoms with Gasteiger partial charge in [0.1, 0.15) is 11.5 Å². The fourth-order valence-corrected chi connectivity index (χ4v) is 4.72. The lowest BCUT2D eigenvalue weighted by atomic mass is 10.1. The van der Waals surface area contributed by atoms with Crippen molar-refractivity contribution in [1.29, 1.82) is 0 Å². The molecule has 1 fully saturated rings. The Morgan fingerprint density at radius 3 is 2.26 bits per heavy atom. The van der Waals surface area contributed by atoms with E-state index in [1.165, 1.54) is 0 Å². The van der Waals surface area contributed by atoms with Gasteiger partial charge in [0.15, 0.2) is 0 Å². The van der Waals surface area contributed by atoms with Gasteiger partial charge in [-0.05, 0) is 53.9 Å². The number of likely N-dealkylation sites (tertiary alicyclic amines) is 1. The number of carboxylic acid groups (broad SMARTS) is 1. The van der Waals surface area contributed by atoms with Crippen LogP contribution >= 0.6 is 11.8 Å². The van der Waals surface area contributed by atoms with Gasteiger partial charge < -0.3 is 14.7 Å². The van der Waals surface area contributed by atoms with Crippen LogP contribution in [0, 0.1) is 0 Å². The Hall–Kier alpha value is -3.25. The summed E-state index contributed by atoms with van der Waals surface area (Å²) in [6.07, 6.45) is 1.39. The quantitative estimate of drug-likeness (QED) is 0.504. The molecule has 1 amide bonds. The maximum absolute atomic E-state index is 12.5. The average Bonchev–Trinajstić information content (AvgIpc) is 3.14. The van der Waals surface area contributed by atoms with Gasteiger partial charge in [0.2, 0.25) is 5.91 Å². The minimum Gasteiger partial charge on any atom is -0.478 e. The van der Waals surface area contributed by atoms with Crippen LogP contribution in [0.3, 0.4) is 0 Å². The summed E-state index contributed by atoms with van der Waals surface area (Å²) in [5, 5.41) is 9.13. The number of para-hydroxylation sites is 1. The zero-order valence-electron chi connectivity index (χ0n) is 16.9. The number of hydrogen-bond donors (Lipinski definition) is 1. The van der Waals surface area contributed by atoms with E-state index in [0.29, 0.717) is 13.0 Å². The van der Waals surface area contributed by atoms with E-state index < -0.39 is 5.97 Å². The molecule has 3 aromatic rings. The molecule has 1 N–H and O–H groups in total. The van der Waals surface area contributed by atoms with Gasteiger partial charge in [0.25, 0.3) is 0 Å². The number of carboxylic acids is 1. The molecule has 0 spiro atoms. The van der Waals surface area contributed by atoms with Crippen LogP contribution in [0.15, 0.2) is 78.9 Å². The number of carbonyl (C=O) groups is 2. The highest BCUT2D eigenvalue weighted by atomic mass is 32.2. The molecule has 4 rings (SSSR count).